The molecule has 0 saturated heterocycles. The Bertz CT molecular complexity index is 1060. The number of nitrogens with one attached hydrogen (secondary N) is 1. The number of aliphatic imine (C=N–C) groups is 2. The van der Waals surface area contributed by atoms with E-state index < -0.39 is 38.8 Å². The fourth-order valence-electron chi connectivity index (χ4n) is 3.28. The fraction of sp³-hybridized carbons (Fsp3) is 0.526. The van der Waals surface area contributed by atoms with E-state index in [1.165, 1.54) is 31.8 Å². The van der Waals surface area contributed by atoms with Crippen LogP contribution in [0.4, 0.5) is 14.9 Å². The van der Waals surface area contributed by atoms with E-state index in [-0.39, 0.29) is 11.5 Å². The lowest BCUT2D eigenvalue weighted by atomic mass is 9.91. The second kappa shape index (κ2) is 7.52. The van der Waals surface area contributed by atoms with Gasteiger partial charge in [-0.15, -0.1) is 11.8 Å². The van der Waals surface area contributed by atoms with Gasteiger partial charge in [0, 0.05) is 25.1 Å². The first-order chi connectivity index (χ1) is 13.7. The summed E-state index contributed by atoms with van der Waals surface area (Å²) in [6, 6.07) is 2.92. The summed E-state index contributed by atoms with van der Waals surface area (Å²) in [4.78, 5) is 21.0. The topological polar surface area (TPSA) is 100 Å². The van der Waals surface area contributed by atoms with E-state index in [2.05, 4.69) is 15.3 Å². The van der Waals surface area contributed by atoms with Crippen LogP contribution >= 0.6 is 11.8 Å². The smallest absolute Gasteiger partial charge is 0.414 e. The minimum Gasteiger partial charge on any atom is -0.444 e. The number of hydrogen-bond acceptors (Lipinski definition) is 7. The van der Waals surface area contributed by atoms with Crippen LogP contribution in [0, 0.1) is 5.82 Å². The van der Waals surface area contributed by atoms with E-state index in [0.717, 1.165) is 14.9 Å². The van der Waals surface area contributed by atoms with Crippen molar-refractivity contribution in [1.82, 2.24) is 9.62 Å². The molecule has 0 bridgehead atoms. The van der Waals surface area contributed by atoms with Crippen LogP contribution in [-0.4, -0.2) is 54.5 Å². The number of thioether (sulfide) groups is 1. The summed E-state index contributed by atoms with van der Waals surface area (Å²) in [6.45, 7) is 6.59. The summed E-state index contributed by atoms with van der Waals surface area (Å²) in [7, 11) is -2.59. The minimum atomic E-state index is -3.87. The maximum Gasteiger partial charge on any atom is 0.414 e. The first kappa shape index (κ1) is 22.5. The van der Waals surface area contributed by atoms with Gasteiger partial charge in [0.1, 0.15) is 17.0 Å². The van der Waals surface area contributed by atoms with Crippen molar-refractivity contribution in [2.24, 2.45) is 9.98 Å². The van der Waals surface area contributed by atoms with E-state index in [1.54, 1.807) is 26.8 Å². The second-order valence-corrected chi connectivity index (χ2v) is 11.3. The Morgan fingerprint density at radius 3 is 2.63 bits per heavy atom. The van der Waals surface area contributed by atoms with Crippen molar-refractivity contribution in [2.45, 2.75) is 45.3 Å². The zero-order chi connectivity index (χ0) is 22.5. The molecule has 0 unspecified atom stereocenters. The number of carbonyl (C=O) groups is 1. The Kier molecular flexibility index (Phi) is 5.65. The molecule has 0 aromatic heterocycles. The zero-order valence-corrected chi connectivity index (χ0v) is 19.4. The van der Waals surface area contributed by atoms with Crippen molar-refractivity contribution < 1.29 is 22.3 Å². The van der Waals surface area contributed by atoms with E-state index in [4.69, 9.17) is 4.74 Å². The predicted molar refractivity (Wildman–Crippen MR) is 116 cm³/mol. The van der Waals surface area contributed by atoms with Gasteiger partial charge in [0.25, 0.3) is 0 Å². The normalized spacial score (nSPS) is 22.8. The van der Waals surface area contributed by atoms with Gasteiger partial charge in [-0.25, -0.2) is 31.9 Å². The molecule has 1 atom stereocenters. The summed E-state index contributed by atoms with van der Waals surface area (Å²) in [5, 5.41) is 3.24. The molecule has 30 heavy (non-hydrogen) atoms. The fourth-order valence-corrected chi connectivity index (χ4v) is 5.24. The highest BCUT2D eigenvalue weighted by Crippen LogP contribution is 2.39. The lowest BCUT2D eigenvalue weighted by Gasteiger charge is -2.36. The molecule has 1 N–H and O–H groups in total. The monoisotopic (exact) mass is 456 g/mol. The van der Waals surface area contributed by atoms with Gasteiger partial charge in [-0.1, -0.05) is 0 Å². The molecule has 3 rings (SSSR count). The number of alkyl carbamates (subject to hydrolysis) is 1. The standard InChI is InChI=1S/C19H25FN4O4S2/c1-18(2,3)28-17(25)22-16-23-19(4,10-30(26,27)24(16)5)12-7-11-8-15(29-6)21-14(11)9-13(12)20/h7,9H,8,10H2,1-6H3,(H,22,23,25)/t19-/m0/s1. The third-order valence-electron chi connectivity index (χ3n) is 4.72. The quantitative estimate of drug-likeness (QED) is 0.700. The molecule has 0 spiro atoms. The number of nitrogens with zero attached hydrogens (tertiary/aromatic N) is 3. The molecule has 164 valence electrons. The summed E-state index contributed by atoms with van der Waals surface area (Å²) < 4.78 is 46.7. The molecule has 11 heteroatoms. The lowest BCUT2D eigenvalue weighted by Crippen LogP contribution is -2.54. The summed E-state index contributed by atoms with van der Waals surface area (Å²) in [5.74, 6) is -1.26. The van der Waals surface area contributed by atoms with Gasteiger partial charge >= 0.3 is 6.09 Å². The second-order valence-electron chi connectivity index (χ2n) is 8.41. The third kappa shape index (κ3) is 4.46. The van der Waals surface area contributed by atoms with Gasteiger partial charge in [0.2, 0.25) is 16.0 Å². The van der Waals surface area contributed by atoms with Crippen molar-refractivity contribution in [1.29, 1.82) is 0 Å². The molecule has 8 nitrogen and oxygen atoms in total. The Balaban J connectivity index is 2.02. The number of guanidine groups is 1. The van der Waals surface area contributed by atoms with E-state index >= 15 is 4.39 Å². The number of ether oxygens (including phenoxy) is 1. The van der Waals surface area contributed by atoms with Crippen LogP contribution in [0.2, 0.25) is 0 Å². The van der Waals surface area contributed by atoms with Crippen LogP contribution in [0.3, 0.4) is 0 Å². The molecular formula is C19H25FN4O4S2. The summed E-state index contributed by atoms with van der Waals surface area (Å²) >= 11 is 1.48. The number of halogens is 1. The number of amides is 1. The zero-order valence-electron chi connectivity index (χ0n) is 17.7. The number of fused-ring (bicyclic) bond motifs is 1. The molecule has 0 radical (unpaired) electrons. The highest BCUT2D eigenvalue weighted by atomic mass is 32.2. The minimum absolute atomic E-state index is 0.138. The van der Waals surface area contributed by atoms with Crippen LogP contribution in [0.5, 0.6) is 0 Å². The first-order valence-electron chi connectivity index (χ1n) is 9.25. The summed E-state index contributed by atoms with van der Waals surface area (Å²) in [5.41, 5.74) is -0.724. The van der Waals surface area contributed by atoms with Gasteiger partial charge < -0.3 is 4.74 Å². The van der Waals surface area contributed by atoms with Gasteiger partial charge in [-0.05, 0) is 45.6 Å². The maximum absolute atomic E-state index is 15.0. The number of rotatable bonds is 1. The maximum atomic E-state index is 15.0. The number of sulfonamides is 1. The average molecular weight is 457 g/mol. The summed E-state index contributed by atoms with van der Waals surface area (Å²) in [6.07, 6.45) is 1.60. The van der Waals surface area contributed by atoms with Crippen molar-refractivity contribution in [3.05, 3.63) is 29.1 Å². The largest absolute Gasteiger partial charge is 0.444 e. The Hall–Kier alpha value is -2.14. The van der Waals surface area contributed by atoms with Crippen molar-refractivity contribution in [3.63, 3.8) is 0 Å². The molecule has 1 amide bonds. The van der Waals surface area contributed by atoms with Crippen LogP contribution in [0.25, 0.3) is 0 Å². The number of benzene rings is 1. The highest BCUT2D eigenvalue weighted by molar-refractivity contribution is 8.13. The van der Waals surface area contributed by atoms with Crippen molar-refractivity contribution in [2.75, 3.05) is 19.1 Å². The highest BCUT2D eigenvalue weighted by Gasteiger charge is 2.43. The Morgan fingerprint density at radius 2 is 2.03 bits per heavy atom. The average Bonchev–Trinajstić information content (AvgIpc) is 2.98. The van der Waals surface area contributed by atoms with Crippen LogP contribution in [-0.2, 0) is 26.7 Å². The first-order valence-corrected chi connectivity index (χ1v) is 12.1. The van der Waals surface area contributed by atoms with Crippen LogP contribution in [0.1, 0.15) is 38.8 Å². The Morgan fingerprint density at radius 1 is 1.37 bits per heavy atom. The predicted octanol–water partition coefficient (Wildman–Crippen LogP) is 3.15. The SMILES string of the molecule is CSC1=Nc2cc(F)c([C@]3(C)CS(=O)(=O)N(C)C(NC(=O)OC(C)(C)C)=N3)cc2C1. The number of carbonyl (C=O) groups excluding carboxylic acids is 1. The molecule has 1 aromatic carbocycles. The van der Waals surface area contributed by atoms with Gasteiger partial charge in [-0.3, -0.25) is 5.32 Å². The van der Waals surface area contributed by atoms with Gasteiger partial charge in [-0.2, -0.15) is 0 Å². The van der Waals surface area contributed by atoms with Crippen LogP contribution < -0.4 is 5.32 Å². The Labute approximate surface area is 180 Å². The van der Waals surface area contributed by atoms with E-state index in [9.17, 15) is 13.2 Å². The molecule has 0 fully saturated rings. The van der Waals surface area contributed by atoms with Gasteiger partial charge in [0.15, 0.2) is 0 Å². The van der Waals surface area contributed by atoms with E-state index in [0.29, 0.717) is 12.1 Å². The molecule has 2 aliphatic rings. The van der Waals surface area contributed by atoms with E-state index in [1.807, 2.05) is 6.26 Å². The number of hydrogen-bond donors (Lipinski definition) is 1. The molecule has 0 aliphatic carbocycles. The lowest BCUT2D eigenvalue weighted by molar-refractivity contribution is 0.0559. The molecule has 2 aliphatic heterocycles. The van der Waals surface area contributed by atoms with Crippen molar-refractivity contribution >= 4 is 44.6 Å². The van der Waals surface area contributed by atoms with Gasteiger partial charge in [0.05, 0.1) is 16.5 Å². The molecule has 2 heterocycles. The van der Waals surface area contributed by atoms with Crippen molar-refractivity contribution in [3.8, 4) is 0 Å². The molecule has 0 saturated carbocycles. The molecular weight excluding hydrogens is 431 g/mol. The molecule has 1 aromatic rings. The van der Waals surface area contributed by atoms with Crippen LogP contribution in [0.15, 0.2) is 22.1 Å². The third-order valence-corrected chi connectivity index (χ3v) is 7.36.